The van der Waals surface area contributed by atoms with Gasteiger partial charge in [0.25, 0.3) is 5.91 Å². The Hall–Kier alpha value is -3.91. The van der Waals surface area contributed by atoms with Gasteiger partial charge in [-0.05, 0) is 68.1 Å². The fraction of sp³-hybridized carbons (Fsp3) is 0.406. The lowest BCUT2D eigenvalue weighted by molar-refractivity contribution is -0.141. The molecule has 2 atom stereocenters. The van der Waals surface area contributed by atoms with Crippen LogP contribution in [-0.2, 0) is 14.3 Å². The van der Waals surface area contributed by atoms with Gasteiger partial charge in [0.15, 0.2) is 0 Å². The minimum Gasteiger partial charge on any atom is -0.444 e. The third-order valence-electron chi connectivity index (χ3n) is 6.52. The summed E-state index contributed by atoms with van der Waals surface area (Å²) in [7, 11) is 0. The van der Waals surface area contributed by atoms with Crippen LogP contribution in [0.3, 0.4) is 0 Å². The van der Waals surface area contributed by atoms with Crippen LogP contribution in [0.1, 0.15) is 64.1 Å². The van der Waals surface area contributed by atoms with E-state index >= 15 is 0 Å². The fourth-order valence-corrected chi connectivity index (χ4v) is 4.56. The molecular weight excluding hydrogens is 506 g/mol. The van der Waals surface area contributed by atoms with Crippen molar-refractivity contribution in [2.75, 3.05) is 18.5 Å². The van der Waals surface area contributed by atoms with E-state index in [1.807, 2.05) is 73.7 Å². The van der Waals surface area contributed by atoms with Crippen LogP contribution in [0.4, 0.5) is 10.5 Å². The summed E-state index contributed by atoms with van der Waals surface area (Å²) in [5, 5.41) is 17.6. The van der Waals surface area contributed by atoms with Gasteiger partial charge in [-0.25, -0.2) is 4.79 Å². The first kappa shape index (κ1) is 30.6. The molecule has 3 aromatic rings. The summed E-state index contributed by atoms with van der Waals surface area (Å²) >= 11 is 0. The maximum absolute atomic E-state index is 14.0. The minimum absolute atomic E-state index is 0.267. The lowest BCUT2D eigenvalue weighted by Crippen LogP contribution is -2.54. The van der Waals surface area contributed by atoms with E-state index in [0.29, 0.717) is 17.7 Å². The van der Waals surface area contributed by atoms with Gasteiger partial charge in [-0.2, -0.15) is 0 Å². The number of carbonyl (C=O) groups excluding carboxylic acids is 3. The maximum atomic E-state index is 14.0. The van der Waals surface area contributed by atoms with E-state index in [1.54, 1.807) is 20.8 Å². The molecule has 0 radical (unpaired) electrons. The first-order valence-electron chi connectivity index (χ1n) is 13.8. The van der Waals surface area contributed by atoms with Crippen LogP contribution in [-0.4, -0.2) is 52.7 Å². The summed E-state index contributed by atoms with van der Waals surface area (Å²) in [6, 6.07) is 18.7. The van der Waals surface area contributed by atoms with Gasteiger partial charge in [0.1, 0.15) is 17.7 Å². The first-order chi connectivity index (χ1) is 19.0. The number of amides is 3. The predicted octanol–water partition coefficient (Wildman–Crippen LogP) is 5.73. The molecule has 0 saturated carbocycles. The Labute approximate surface area is 236 Å². The number of rotatable bonds is 11. The van der Waals surface area contributed by atoms with Crippen LogP contribution in [0, 0.1) is 6.92 Å². The molecule has 8 heteroatoms. The van der Waals surface area contributed by atoms with Crippen molar-refractivity contribution in [3.63, 3.8) is 0 Å². The SMILES string of the molecule is CCCCCN(C(=O)C(CO)NC(=O)OC(C)(C)C)C(C(=O)Nc1ccc2ccccc2c1)c1ccccc1C. The summed E-state index contributed by atoms with van der Waals surface area (Å²) in [4.78, 5) is 41.9. The number of nitrogens with zero attached hydrogens (tertiary/aromatic N) is 1. The van der Waals surface area contributed by atoms with Crippen LogP contribution in [0.15, 0.2) is 66.7 Å². The second-order valence-corrected chi connectivity index (χ2v) is 10.9. The summed E-state index contributed by atoms with van der Waals surface area (Å²) in [6.07, 6.45) is 1.60. The van der Waals surface area contributed by atoms with Gasteiger partial charge in [0, 0.05) is 12.2 Å². The molecule has 0 fully saturated rings. The molecule has 0 aliphatic heterocycles. The quantitative estimate of drug-likeness (QED) is 0.266. The van der Waals surface area contributed by atoms with Crippen LogP contribution >= 0.6 is 0 Å². The second-order valence-electron chi connectivity index (χ2n) is 10.9. The first-order valence-corrected chi connectivity index (χ1v) is 13.8. The molecule has 0 spiro atoms. The number of hydrogen-bond donors (Lipinski definition) is 3. The van der Waals surface area contributed by atoms with Crippen molar-refractivity contribution in [1.29, 1.82) is 0 Å². The monoisotopic (exact) mass is 547 g/mol. The number of nitrogens with one attached hydrogen (secondary N) is 2. The summed E-state index contributed by atoms with van der Waals surface area (Å²) in [5.74, 6) is -0.949. The highest BCUT2D eigenvalue weighted by atomic mass is 16.6. The van der Waals surface area contributed by atoms with E-state index in [9.17, 15) is 19.5 Å². The van der Waals surface area contributed by atoms with Crippen molar-refractivity contribution < 1.29 is 24.2 Å². The van der Waals surface area contributed by atoms with Crippen molar-refractivity contribution in [2.45, 2.75) is 71.6 Å². The van der Waals surface area contributed by atoms with Crippen molar-refractivity contribution >= 4 is 34.4 Å². The van der Waals surface area contributed by atoms with Gasteiger partial charge in [0.05, 0.1) is 6.61 Å². The number of benzene rings is 3. The largest absolute Gasteiger partial charge is 0.444 e. The molecule has 0 heterocycles. The maximum Gasteiger partial charge on any atom is 0.408 e. The van der Waals surface area contributed by atoms with Crippen molar-refractivity contribution in [2.24, 2.45) is 0 Å². The van der Waals surface area contributed by atoms with Gasteiger partial charge in [-0.1, -0.05) is 74.4 Å². The van der Waals surface area contributed by atoms with Crippen molar-refractivity contribution in [3.8, 4) is 0 Å². The van der Waals surface area contributed by atoms with Gasteiger partial charge in [-0.15, -0.1) is 0 Å². The zero-order valence-electron chi connectivity index (χ0n) is 24.1. The lowest BCUT2D eigenvalue weighted by atomic mass is 9.97. The molecule has 0 aromatic heterocycles. The normalized spacial score (nSPS) is 12.8. The Kier molecular flexibility index (Phi) is 10.7. The minimum atomic E-state index is -1.28. The van der Waals surface area contributed by atoms with Crippen LogP contribution in [0.2, 0.25) is 0 Å². The number of fused-ring (bicyclic) bond motifs is 1. The molecule has 8 nitrogen and oxygen atoms in total. The Morgan fingerprint density at radius 3 is 2.27 bits per heavy atom. The van der Waals surface area contributed by atoms with Gasteiger partial charge < -0.3 is 25.4 Å². The van der Waals surface area contributed by atoms with E-state index in [1.165, 1.54) is 4.90 Å². The summed E-state index contributed by atoms with van der Waals surface area (Å²) in [6.45, 7) is 8.71. The number of ether oxygens (including phenoxy) is 1. The van der Waals surface area contributed by atoms with E-state index < -0.39 is 36.3 Å². The Morgan fingerprint density at radius 2 is 1.62 bits per heavy atom. The number of aliphatic hydroxyl groups excluding tert-OH is 1. The summed E-state index contributed by atoms with van der Waals surface area (Å²) < 4.78 is 5.31. The Balaban J connectivity index is 1.99. The number of alkyl carbamates (subject to hydrolysis) is 1. The van der Waals surface area contributed by atoms with Gasteiger partial charge in [-0.3, -0.25) is 9.59 Å². The topological polar surface area (TPSA) is 108 Å². The second kappa shape index (κ2) is 13.9. The van der Waals surface area contributed by atoms with Gasteiger partial charge >= 0.3 is 6.09 Å². The lowest BCUT2D eigenvalue weighted by Gasteiger charge is -2.34. The number of anilines is 1. The highest BCUT2D eigenvalue weighted by Gasteiger charge is 2.36. The van der Waals surface area contributed by atoms with Crippen LogP contribution in [0.5, 0.6) is 0 Å². The van der Waals surface area contributed by atoms with Crippen LogP contribution in [0.25, 0.3) is 10.8 Å². The third-order valence-corrected chi connectivity index (χ3v) is 6.52. The molecular formula is C32H41N3O5. The van der Waals surface area contributed by atoms with Gasteiger partial charge in [0.2, 0.25) is 5.91 Å². The molecule has 214 valence electrons. The molecule has 0 aliphatic rings. The average molecular weight is 548 g/mol. The molecule has 3 amide bonds. The highest BCUT2D eigenvalue weighted by molar-refractivity contribution is 6.00. The van der Waals surface area contributed by atoms with Crippen molar-refractivity contribution in [1.82, 2.24) is 10.2 Å². The number of hydrogen-bond acceptors (Lipinski definition) is 5. The number of aliphatic hydroxyl groups is 1. The van der Waals surface area contributed by atoms with Crippen molar-refractivity contribution in [3.05, 3.63) is 77.9 Å². The summed E-state index contributed by atoms with van der Waals surface area (Å²) in [5.41, 5.74) is 1.33. The smallest absolute Gasteiger partial charge is 0.408 e. The molecule has 2 unspecified atom stereocenters. The van der Waals surface area contributed by atoms with Crippen LogP contribution < -0.4 is 10.6 Å². The number of unbranched alkanes of at least 4 members (excludes halogenated alkanes) is 2. The standard InChI is InChI=1S/C32H41N3O5/c1-6-7-12-19-35(30(38)27(21-36)34-31(39)40-32(3,4)5)28(26-16-11-8-13-22(26)2)29(37)33-25-18-17-23-14-9-10-15-24(23)20-25/h8-11,13-18,20,27-28,36H,6-7,12,19,21H2,1-5H3,(H,33,37)(H,34,39). The van der Waals surface area contributed by atoms with E-state index in [2.05, 4.69) is 17.6 Å². The molecule has 0 saturated heterocycles. The third kappa shape index (κ3) is 8.29. The Morgan fingerprint density at radius 1 is 0.950 bits per heavy atom. The molecule has 40 heavy (non-hydrogen) atoms. The highest BCUT2D eigenvalue weighted by Crippen LogP contribution is 2.28. The number of carbonyl (C=O) groups is 3. The zero-order valence-corrected chi connectivity index (χ0v) is 24.1. The predicted molar refractivity (Wildman–Crippen MR) is 158 cm³/mol. The molecule has 0 aliphatic carbocycles. The van der Waals surface area contributed by atoms with E-state index in [-0.39, 0.29) is 12.5 Å². The molecule has 3 aromatic carbocycles. The molecule has 3 N–H and O–H groups in total. The zero-order chi connectivity index (χ0) is 29.3. The average Bonchev–Trinajstić information content (AvgIpc) is 2.90. The Bertz CT molecular complexity index is 1320. The van der Waals surface area contributed by atoms with E-state index in [4.69, 9.17) is 4.74 Å². The van der Waals surface area contributed by atoms with E-state index in [0.717, 1.165) is 29.2 Å². The fourth-order valence-electron chi connectivity index (χ4n) is 4.56. The number of aryl methyl sites for hydroxylation is 1. The molecule has 0 bridgehead atoms. The molecule has 3 rings (SSSR count).